The maximum absolute atomic E-state index is 12.8. The summed E-state index contributed by atoms with van der Waals surface area (Å²) in [5.74, 6) is -2.28. The Morgan fingerprint density at radius 3 is 2.31 bits per heavy atom. The highest BCUT2D eigenvalue weighted by Crippen LogP contribution is 2.74. The van der Waals surface area contributed by atoms with Crippen LogP contribution < -0.4 is 5.73 Å². The normalized spacial score (nSPS) is 44.1. The summed E-state index contributed by atoms with van der Waals surface area (Å²) in [4.78, 5) is 37.8. The summed E-state index contributed by atoms with van der Waals surface area (Å²) >= 11 is 0. The van der Waals surface area contributed by atoms with Crippen molar-refractivity contribution in [1.82, 2.24) is 0 Å². The summed E-state index contributed by atoms with van der Waals surface area (Å²) in [6.45, 7) is 13.6. The zero-order valence-electron chi connectivity index (χ0n) is 26.5. The van der Waals surface area contributed by atoms with E-state index >= 15 is 0 Å². The zero-order valence-corrected chi connectivity index (χ0v) is 26.5. The number of hydrogen-bond acceptors (Lipinski definition) is 8. The van der Waals surface area contributed by atoms with Gasteiger partial charge in [-0.2, -0.15) is 0 Å². The lowest BCUT2D eigenvalue weighted by atomic mass is 9.35. The molecule has 0 amide bonds. The van der Waals surface area contributed by atoms with Gasteiger partial charge in [-0.3, -0.25) is 9.59 Å². The summed E-state index contributed by atoms with van der Waals surface area (Å²) in [7, 11) is 0. The van der Waals surface area contributed by atoms with Crippen LogP contribution in [0.25, 0.3) is 0 Å². The van der Waals surface area contributed by atoms with Crippen molar-refractivity contribution in [2.75, 3.05) is 6.54 Å². The van der Waals surface area contributed by atoms with Crippen LogP contribution in [0.2, 0.25) is 0 Å². The molecular formula is C33H53NO8. The van der Waals surface area contributed by atoms with Crippen LogP contribution in [0, 0.1) is 45.8 Å². The fourth-order valence-corrected chi connectivity index (χ4v) is 10.3. The van der Waals surface area contributed by atoms with E-state index in [1.807, 2.05) is 6.92 Å². The average Bonchev–Trinajstić information content (AvgIpc) is 3.18. The molecule has 4 fully saturated rings. The van der Waals surface area contributed by atoms with Crippen molar-refractivity contribution < 1.29 is 39.2 Å². The van der Waals surface area contributed by atoms with Crippen molar-refractivity contribution in [1.29, 1.82) is 0 Å². The molecule has 4 aliphatic rings. The minimum absolute atomic E-state index is 0.0144. The summed E-state index contributed by atoms with van der Waals surface area (Å²) < 4.78 is 11.9. The third kappa shape index (κ3) is 5.11. The van der Waals surface area contributed by atoms with E-state index in [2.05, 4.69) is 34.6 Å². The molecule has 11 unspecified atom stereocenters. The molecule has 0 spiro atoms. The lowest BCUT2D eigenvalue weighted by Gasteiger charge is -2.70. The summed E-state index contributed by atoms with van der Waals surface area (Å²) in [6, 6.07) is 0. The van der Waals surface area contributed by atoms with Gasteiger partial charge >= 0.3 is 17.9 Å². The Morgan fingerprint density at radius 1 is 1.07 bits per heavy atom. The van der Waals surface area contributed by atoms with E-state index in [1.54, 1.807) is 0 Å². The highest BCUT2D eigenvalue weighted by atomic mass is 16.6. The van der Waals surface area contributed by atoms with Gasteiger partial charge in [-0.15, -0.1) is 0 Å². The topological polar surface area (TPSA) is 156 Å². The standard InChI is InChI=1S/C33H53NO8/c1-17(2)9-8-10-20(30(39)40)26-21-11-12-24-31(5)14-13-22(36)18(3)27(31)28(42-25(37)16-34)29(38)33(24,7)32(21,6)15-23(26)41-19(4)35/h17-18,21-24,27-29,36,38H,8-16,34H2,1-7H3,(H,39,40)/b26-20-. The number of hydrogen-bond donors (Lipinski definition) is 4. The molecule has 0 radical (unpaired) electrons. The SMILES string of the molecule is CC(=O)OC1CC2(C)C(CCC3C4(C)CCC(O)C(C)C4C(OC(=O)CN)C(O)C32C)/C1=C(\CCCC(C)C)C(=O)O. The molecule has 4 rings (SSSR count). The fourth-order valence-electron chi connectivity index (χ4n) is 10.3. The smallest absolute Gasteiger partial charge is 0.331 e. The number of fused-ring (bicyclic) bond motifs is 5. The number of aliphatic hydroxyl groups excluding tert-OH is 2. The number of aliphatic hydroxyl groups is 2. The molecule has 0 saturated heterocycles. The molecule has 9 nitrogen and oxygen atoms in total. The molecule has 0 aromatic heterocycles. The number of esters is 2. The van der Waals surface area contributed by atoms with Gasteiger partial charge in [0.2, 0.25) is 0 Å². The summed E-state index contributed by atoms with van der Waals surface area (Å²) in [6.07, 6.45) is 1.96. The Balaban J connectivity index is 1.88. The van der Waals surface area contributed by atoms with Gasteiger partial charge in [0.1, 0.15) is 12.2 Å². The van der Waals surface area contributed by atoms with Crippen LogP contribution in [-0.4, -0.2) is 64.2 Å². The highest BCUT2D eigenvalue weighted by molar-refractivity contribution is 5.88. The van der Waals surface area contributed by atoms with Crippen LogP contribution in [0.1, 0.15) is 99.8 Å². The number of carboxylic acids is 1. The number of aliphatic carboxylic acids is 1. The average molecular weight is 592 g/mol. The van der Waals surface area contributed by atoms with Gasteiger partial charge in [0.15, 0.2) is 0 Å². The highest BCUT2D eigenvalue weighted by Gasteiger charge is 2.74. The van der Waals surface area contributed by atoms with Crippen LogP contribution in [-0.2, 0) is 23.9 Å². The molecule has 42 heavy (non-hydrogen) atoms. The van der Waals surface area contributed by atoms with Crippen molar-refractivity contribution in [3.05, 3.63) is 11.1 Å². The maximum atomic E-state index is 12.8. The van der Waals surface area contributed by atoms with Crippen molar-refractivity contribution >= 4 is 17.9 Å². The first kappa shape index (κ1) is 32.9. The molecule has 0 aliphatic heterocycles. The third-order valence-electron chi connectivity index (χ3n) is 12.3. The van der Waals surface area contributed by atoms with Crippen molar-refractivity contribution in [2.45, 2.75) is 124 Å². The molecule has 5 N–H and O–H groups in total. The molecular weight excluding hydrogens is 538 g/mol. The number of ether oxygens (including phenoxy) is 2. The number of nitrogens with two attached hydrogens (primary N) is 1. The van der Waals surface area contributed by atoms with E-state index in [4.69, 9.17) is 15.2 Å². The Morgan fingerprint density at radius 2 is 1.74 bits per heavy atom. The van der Waals surface area contributed by atoms with Gasteiger partial charge in [0.25, 0.3) is 0 Å². The first-order valence-electron chi connectivity index (χ1n) is 15.9. The van der Waals surface area contributed by atoms with Gasteiger partial charge in [-0.1, -0.05) is 48.0 Å². The van der Waals surface area contributed by atoms with Gasteiger partial charge < -0.3 is 30.5 Å². The molecule has 0 bridgehead atoms. The lowest BCUT2D eigenvalue weighted by Crippen LogP contribution is -2.72. The minimum Gasteiger partial charge on any atom is -0.478 e. The predicted octanol–water partition coefficient (Wildman–Crippen LogP) is 4.23. The van der Waals surface area contributed by atoms with Gasteiger partial charge in [-0.05, 0) is 85.0 Å². The molecule has 4 aliphatic carbocycles. The monoisotopic (exact) mass is 591 g/mol. The predicted molar refractivity (Wildman–Crippen MR) is 157 cm³/mol. The molecule has 0 aromatic rings. The van der Waals surface area contributed by atoms with Crippen LogP contribution in [0.15, 0.2) is 11.1 Å². The van der Waals surface area contributed by atoms with E-state index in [0.29, 0.717) is 42.7 Å². The third-order valence-corrected chi connectivity index (χ3v) is 12.3. The molecule has 9 heteroatoms. The summed E-state index contributed by atoms with van der Waals surface area (Å²) in [5.41, 5.74) is 4.87. The van der Waals surface area contributed by atoms with Crippen molar-refractivity contribution in [3.8, 4) is 0 Å². The van der Waals surface area contributed by atoms with E-state index < -0.39 is 53.2 Å². The Bertz CT molecular complexity index is 1100. The van der Waals surface area contributed by atoms with Gasteiger partial charge in [-0.25, -0.2) is 4.79 Å². The van der Waals surface area contributed by atoms with E-state index in [0.717, 1.165) is 25.7 Å². The van der Waals surface area contributed by atoms with Crippen LogP contribution in [0.3, 0.4) is 0 Å². The van der Waals surface area contributed by atoms with Gasteiger partial charge in [0, 0.05) is 23.8 Å². The number of carbonyl (C=O) groups excluding carboxylic acids is 2. The Kier molecular flexibility index (Phi) is 9.29. The van der Waals surface area contributed by atoms with Crippen molar-refractivity contribution in [2.24, 2.45) is 51.6 Å². The number of carboxylic acid groups (broad SMARTS) is 1. The van der Waals surface area contributed by atoms with Crippen LogP contribution in [0.4, 0.5) is 0 Å². The molecule has 11 atom stereocenters. The van der Waals surface area contributed by atoms with Crippen LogP contribution >= 0.6 is 0 Å². The second-order valence-corrected chi connectivity index (χ2v) is 14.8. The van der Waals surface area contributed by atoms with E-state index in [-0.39, 0.29) is 35.6 Å². The van der Waals surface area contributed by atoms with E-state index in [9.17, 15) is 29.7 Å². The number of rotatable bonds is 8. The molecule has 0 heterocycles. The largest absolute Gasteiger partial charge is 0.478 e. The zero-order chi connectivity index (χ0) is 31.4. The number of carbonyl (C=O) groups is 3. The first-order valence-corrected chi connectivity index (χ1v) is 15.9. The lowest BCUT2D eigenvalue weighted by molar-refractivity contribution is -0.288. The minimum atomic E-state index is -1.08. The van der Waals surface area contributed by atoms with Gasteiger partial charge in [0.05, 0.1) is 18.8 Å². The Hall–Kier alpha value is -1.97. The van der Waals surface area contributed by atoms with Crippen molar-refractivity contribution in [3.63, 3.8) is 0 Å². The molecule has 0 aromatic carbocycles. The second kappa shape index (κ2) is 11.8. The second-order valence-electron chi connectivity index (χ2n) is 14.8. The molecule has 238 valence electrons. The Labute approximate surface area is 250 Å². The first-order chi connectivity index (χ1) is 19.5. The quantitative estimate of drug-likeness (QED) is 0.240. The van der Waals surface area contributed by atoms with E-state index in [1.165, 1.54) is 6.92 Å². The molecule has 4 saturated carbocycles. The summed E-state index contributed by atoms with van der Waals surface area (Å²) in [5, 5.41) is 33.8. The maximum Gasteiger partial charge on any atom is 0.331 e. The van der Waals surface area contributed by atoms with Crippen LogP contribution in [0.5, 0.6) is 0 Å². The fraction of sp³-hybridized carbons (Fsp3) is 0.848.